The molecule has 0 radical (unpaired) electrons. The molecule has 0 saturated carbocycles. The van der Waals surface area contributed by atoms with Crippen molar-refractivity contribution in [3.05, 3.63) is 30.5 Å². The van der Waals surface area contributed by atoms with E-state index in [1.54, 1.807) is 11.8 Å². The van der Waals surface area contributed by atoms with Crippen LogP contribution in [0.2, 0.25) is 0 Å². The van der Waals surface area contributed by atoms with Gasteiger partial charge in [0.25, 0.3) is 0 Å². The fourth-order valence-electron chi connectivity index (χ4n) is 1.76. The number of carbonyl (C=O) groups excluding carboxylic acids is 1. The van der Waals surface area contributed by atoms with Crippen molar-refractivity contribution < 1.29 is 4.79 Å². The largest absolute Gasteiger partial charge is 0.360 e. The van der Waals surface area contributed by atoms with Gasteiger partial charge < -0.3 is 10.3 Å². The molecule has 0 aliphatic rings. The lowest BCUT2D eigenvalue weighted by Gasteiger charge is -2.17. The van der Waals surface area contributed by atoms with Crippen LogP contribution < -0.4 is 5.32 Å². The Morgan fingerprint density at radius 3 is 2.79 bits per heavy atom. The van der Waals surface area contributed by atoms with Gasteiger partial charge in [0.15, 0.2) is 0 Å². The molecule has 3 nitrogen and oxygen atoms in total. The van der Waals surface area contributed by atoms with E-state index in [1.807, 2.05) is 39.1 Å². The summed E-state index contributed by atoms with van der Waals surface area (Å²) < 4.78 is 0. The summed E-state index contributed by atoms with van der Waals surface area (Å²) in [6.07, 6.45) is 2.03. The van der Waals surface area contributed by atoms with E-state index in [1.165, 1.54) is 10.3 Å². The molecule has 0 bridgehead atoms. The maximum absolute atomic E-state index is 11.7. The maximum Gasteiger partial charge on any atom is 0.225 e. The molecule has 0 spiro atoms. The number of benzene rings is 1. The second-order valence-electron chi connectivity index (χ2n) is 5.55. The first-order valence-electron chi connectivity index (χ1n) is 6.46. The van der Waals surface area contributed by atoms with Crippen molar-refractivity contribution in [2.24, 2.45) is 5.41 Å². The van der Waals surface area contributed by atoms with Crippen LogP contribution >= 0.6 is 11.8 Å². The third-order valence-corrected chi connectivity index (χ3v) is 3.93. The second-order valence-corrected chi connectivity index (χ2v) is 6.69. The number of aromatic nitrogens is 1. The van der Waals surface area contributed by atoms with Crippen molar-refractivity contribution in [2.45, 2.75) is 25.7 Å². The number of thioether (sulfide) groups is 1. The first-order valence-corrected chi connectivity index (χ1v) is 7.44. The van der Waals surface area contributed by atoms with Crippen LogP contribution in [-0.4, -0.2) is 23.2 Å². The highest BCUT2D eigenvalue weighted by atomic mass is 32.2. The minimum Gasteiger partial charge on any atom is -0.360 e. The number of para-hydroxylation sites is 1. The number of rotatable bonds is 4. The Balaban J connectivity index is 1.85. The van der Waals surface area contributed by atoms with E-state index < -0.39 is 0 Å². The van der Waals surface area contributed by atoms with Gasteiger partial charge in [-0.25, -0.2) is 0 Å². The summed E-state index contributed by atoms with van der Waals surface area (Å²) in [6, 6.07) is 8.25. The van der Waals surface area contributed by atoms with Crippen LogP contribution in [0.25, 0.3) is 10.9 Å². The van der Waals surface area contributed by atoms with E-state index >= 15 is 0 Å². The fourth-order valence-corrected chi connectivity index (χ4v) is 2.65. The lowest BCUT2D eigenvalue weighted by Crippen LogP contribution is -2.35. The number of carbonyl (C=O) groups is 1. The molecule has 0 unspecified atom stereocenters. The van der Waals surface area contributed by atoms with E-state index in [-0.39, 0.29) is 11.3 Å². The molecule has 1 aromatic carbocycles. The quantitative estimate of drug-likeness (QED) is 0.664. The molecule has 4 heteroatoms. The molecule has 102 valence electrons. The molecule has 0 saturated heterocycles. The van der Waals surface area contributed by atoms with Crippen molar-refractivity contribution in [3.63, 3.8) is 0 Å². The van der Waals surface area contributed by atoms with E-state index in [4.69, 9.17) is 0 Å². The number of nitrogens with one attached hydrogen (secondary N) is 2. The fraction of sp³-hybridized carbons (Fsp3) is 0.400. The zero-order valence-corrected chi connectivity index (χ0v) is 12.4. The second kappa shape index (κ2) is 5.70. The van der Waals surface area contributed by atoms with E-state index in [0.29, 0.717) is 6.54 Å². The molecule has 1 amide bonds. The van der Waals surface area contributed by atoms with E-state index in [2.05, 4.69) is 22.4 Å². The zero-order valence-electron chi connectivity index (χ0n) is 11.6. The van der Waals surface area contributed by atoms with Crippen molar-refractivity contribution in [3.8, 4) is 0 Å². The predicted octanol–water partition coefficient (Wildman–Crippen LogP) is 3.42. The highest BCUT2D eigenvalue weighted by Gasteiger charge is 2.20. The smallest absolute Gasteiger partial charge is 0.225 e. The normalized spacial score (nSPS) is 11.7. The molecular weight excluding hydrogens is 256 g/mol. The maximum atomic E-state index is 11.7. The van der Waals surface area contributed by atoms with Gasteiger partial charge in [-0.05, 0) is 6.07 Å². The van der Waals surface area contributed by atoms with Gasteiger partial charge in [-0.1, -0.05) is 39.0 Å². The molecule has 1 heterocycles. The standard InChI is InChI=1S/C15H20N2OS/c1-15(2,3)14(18)16-8-9-19-13-10-17-12-7-5-4-6-11(12)13/h4-7,10,17H,8-9H2,1-3H3,(H,16,18). The Bertz CT molecular complexity index is 569. The lowest BCUT2D eigenvalue weighted by molar-refractivity contribution is -0.128. The summed E-state index contributed by atoms with van der Waals surface area (Å²) in [5.41, 5.74) is 0.842. The van der Waals surface area contributed by atoms with Gasteiger partial charge in [-0.15, -0.1) is 11.8 Å². The summed E-state index contributed by atoms with van der Waals surface area (Å²) in [4.78, 5) is 16.2. The lowest BCUT2D eigenvalue weighted by atomic mass is 9.96. The Morgan fingerprint density at radius 2 is 2.05 bits per heavy atom. The molecule has 2 rings (SSSR count). The number of fused-ring (bicyclic) bond motifs is 1. The van der Waals surface area contributed by atoms with Crippen LogP contribution in [0.5, 0.6) is 0 Å². The molecule has 1 aromatic heterocycles. The van der Waals surface area contributed by atoms with Gasteiger partial charge in [0.05, 0.1) is 0 Å². The van der Waals surface area contributed by atoms with Crippen LogP contribution in [0, 0.1) is 5.41 Å². The Morgan fingerprint density at radius 1 is 1.32 bits per heavy atom. The molecule has 0 aliphatic carbocycles. The van der Waals surface area contributed by atoms with Gasteiger partial charge in [0, 0.05) is 39.7 Å². The number of hydrogen-bond acceptors (Lipinski definition) is 2. The van der Waals surface area contributed by atoms with Crippen LogP contribution in [0.4, 0.5) is 0 Å². The van der Waals surface area contributed by atoms with Crippen LogP contribution in [-0.2, 0) is 4.79 Å². The first-order chi connectivity index (χ1) is 8.98. The first kappa shape index (κ1) is 14.0. The van der Waals surface area contributed by atoms with E-state index in [0.717, 1.165) is 11.3 Å². The summed E-state index contributed by atoms with van der Waals surface area (Å²) in [5.74, 6) is 0.982. The van der Waals surface area contributed by atoms with Gasteiger partial charge >= 0.3 is 0 Å². The highest BCUT2D eigenvalue weighted by molar-refractivity contribution is 7.99. The summed E-state index contributed by atoms with van der Waals surface area (Å²) in [5, 5.41) is 4.21. The summed E-state index contributed by atoms with van der Waals surface area (Å²) in [6.45, 7) is 6.47. The van der Waals surface area contributed by atoms with Crippen molar-refractivity contribution in [1.82, 2.24) is 10.3 Å². The van der Waals surface area contributed by atoms with Crippen molar-refractivity contribution in [2.75, 3.05) is 12.3 Å². The van der Waals surface area contributed by atoms with Gasteiger partial charge in [-0.2, -0.15) is 0 Å². The van der Waals surface area contributed by atoms with E-state index in [9.17, 15) is 4.79 Å². The summed E-state index contributed by atoms with van der Waals surface area (Å²) in [7, 11) is 0. The zero-order chi connectivity index (χ0) is 13.9. The minimum absolute atomic E-state index is 0.104. The molecule has 2 N–H and O–H groups in total. The number of H-pyrrole nitrogens is 1. The average Bonchev–Trinajstić information content (AvgIpc) is 2.76. The minimum atomic E-state index is -0.314. The third-order valence-electron chi connectivity index (χ3n) is 2.88. The molecule has 19 heavy (non-hydrogen) atoms. The molecule has 0 atom stereocenters. The van der Waals surface area contributed by atoms with Crippen molar-refractivity contribution in [1.29, 1.82) is 0 Å². The number of hydrogen-bond donors (Lipinski definition) is 2. The monoisotopic (exact) mass is 276 g/mol. The molecule has 0 fully saturated rings. The number of aromatic amines is 1. The SMILES string of the molecule is CC(C)(C)C(=O)NCCSc1c[nH]c2ccccc12. The number of amides is 1. The summed E-state index contributed by atoms with van der Waals surface area (Å²) >= 11 is 1.76. The Labute approximate surface area is 118 Å². The molecule has 0 aliphatic heterocycles. The van der Waals surface area contributed by atoms with Crippen LogP contribution in [0.15, 0.2) is 35.4 Å². The Kier molecular flexibility index (Phi) is 4.20. The van der Waals surface area contributed by atoms with Gasteiger partial charge in [0.2, 0.25) is 5.91 Å². The van der Waals surface area contributed by atoms with Gasteiger partial charge in [0.1, 0.15) is 0 Å². The average molecular weight is 276 g/mol. The Hall–Kier alpha value is -1.42. The van der Waals surface area contributed by atoms with Crippen LogP contribution in [0.1, 0.15) is 20.8 Å². The molecular formula is C15H20N2OS. The van der Waals surface area contributed by atoms with Gasteiger partial charge in [-0.3, -0.25) is 4.79 Å². The predicted molar refractivity (Wildman–Crippen MR) is 81.5 cm³/mol. The topological polar surface area (TPSA) is 44.9 Å². The highest BCUT2D eigenvalue weighted by Crippen LogP contribution is 2.27. The van der Waals surface area contributed by atoms with Crippen molar-refractivity contribution >= 4 is 28.6 Å². The molecule has 2 aromatic rings. The van der Waals surface area contributed by atoms with Crippen LogP contribution in [0.3, 0.4) is 0 Å². The third kappa shape index (κ3) is 3.53.